The topological polar surface area (TPSA) is 50.3 Å². The van der Waals surface area contributed by atoms with Gasteiger partial charge in [0.05, 0.1) is 17.7 Å². The molecule has 1 N–H and O–H groups in total. The highest BCUT2D eigenvalue weighted by molar-refractivity contribution is 7.05. The monoisotopic (exact) mass is 230 g/mol. The number of aromatic nitrogens is 2. The van der Waals surface area contributed by atoms with Crippen molar-refractivity contribution in [1.29, 1.82) is 0 Å². The molecule has 1 rings (SSSR count). The second-order valence-electron chi connectivity index (χ2n) is 3.36. The number of hydrogen-bond acceptors (Lipinski definition) is 6. The van der Waals surface area contributed by atoms with Gasteiger partial charge >= 0.3 is 0 Å². The fourth-order valence-electron chi connectivity index (χ4n) is 1.17. The summed E-state index contributed by atoms with van der Waals surface area (Å²) in [4.78, 5) is 3.45. The van der Waals surface area contributed by atoms with Crippen LogP contribution in [-0.2, 0) is 11.3 Å². The lowest BCUT2D eigenvalue weighted by Gasteiger charge is -2.15. The molecule has 0 saturated heterocycles. The van der Waals surface area contributed by atoms with Crippen molar-refractivity contribution >= 4 is 11.5 Å². The van der Waals surface area contributed by atoms with Crippen LogP contribution in [0, 0.1) is 0 Å². The molecule has 5 nitrogen and oxygen atoms in total. The highest BCUT2D eigenvalue weighted by Crippen LogP contribution is 2.04. The van der Waals surface area contributed by atoms with Crippen LogP contribution in [0.5, 0.6) is 0 Å². The van der Waals surface area contributed by atoms with E-state index in [0.29, 0.717) is 0 Å². The van der Waals surface area contributed by atoms with Gasteiger partial charge in [-0.05, 0) is 18.6 Å². The van der Waals surface area contributed by atoms with Crippen LogP contribution in [0.3, 0.4) is 0 Å². The standard InChI is InChI=1S/C9H18N4OS/c1-13(5-3-10-4-6-14-2)8-9-7-11-12-15-9/h7,10H,3-6,8H2,1-2H3. The Labute approximate surface area is 94.6 Å². The Morgan fingerprint density at radius 2 is 2.40 bits per heavy atom. The maximum absolute atomic E-state index is 4.94. The molecule has 0 aromatic carbocycles. The molecule has 0 aliphatic rings. The highest BCUT2D eigenvalue weighted by Gasteiger charge is 2.01. The molecule has 6 heteroatoms. The lowest BCUT2D eigenvalue weighted by molar-refractivity contribution is 0.197. The Hall–Kier alpha value is -0.560. The molecule has 0 bridgehead atoms. The van der Waals surface area contributed by atoms with Gasteiger partial charge in [0.2, 0.25) is 0 Å². The summed E-state index contributed by atoms with van der Waals surface area (Å²) in [6.45, 7) is 4.59. The van der Waals surface area contributed by atoms with Crippen molar-refractivity contribution in [3.05, 3.63) is 11.1 Å². The maximum Gasteiger partial charge on any atom is 0.0666 e. The van der Waals surface area contributed by atoms with Gasteiger partial charge in [0.1, 0.15) is 0 Å². The third-order valence-electron chi connectivity index (χ3n) is 1.99. The number of nitrogens with zero attached hydrogens (tertiary/aromatic N) is 3. The summed E-state index contributed by atoms with van der Waals surface area (Å²) in [7, 11) is 3.81. The Balaban J connectivity index is 2.01. The Kier molecular flexibility index (Phi) is 6.42. The van der Waals surface area contributed by atoms with Crippen LogP contribution in [0.2, 0.25) is 0 Å². The van der Waals surface area contributed by atoms with E-state index in [1.807, 2.05) is 6.20 Å². The van der Waals surface area contributed by atoms with Gasteiger partial charge in [-0.2, -0.15) is 0 Å². The van der Waals surface area contributed by atoms with Crippen LogP contribution in [0.1, 0.15) is 4.88 Å². The highest BCUT2D eigenvalue weighted by atomic mass is 32.1. The van der Waals surface area contributed by atoms with Crippen LogP contribution in [-0.4, -0.2) is 54.9 Å². The van der Waals surface area contributed by atoms with Crippen molar-refractivity contribution in [3.8, 4) is 0 Å². The number of likely N-dealkylation sites (N-methyl/N-ethyl adjacent to an activating group) is 1. The Bertz CT molecular complexity index is 242. The van der Waals surface area contributed by atoms with E-state index in [2.05, 4.69) is 26.9 Å². The van der Waals surface area contributed by atoms with Crippen LogP contribution in [0.15, 0.2) is 6.20 Å². The van der Waals surface area contributed by atoms with Crippen molar-refractivity contribution < 1.29 is 4.74 Å². The Morgan fingerprint density at radius 3 is 3.07 bits per heavy atom. The largest absolute Gasteiger partial charge is 0.383 e. The molecule has 0 aliphatic carbocycles. The summed E-state index contributed by atoms with van der Waals surface area (Å²) in [6.07, 6.45) is 1.82. The zero-order valence-electron chi connectivity index (χ0n) is 9.27. The van der Waals surface area contributed by atoms with Gasteiger partial charge in [0.15, 0.2) is 0 Å². The molecule has 0 amide bonds. The van der Waals surface area contributed by atoms with Gasteiger partial charge in [-0.25, -0.2) is 0 Å². The van der Waals surface area contributed by atoms with E-state index >= 15 is 0 Å². The van der Waals surface area contributed by atoms with Crippen LogP contribution in [0.4, 0.5) is 0 Å². The summed E-state index contributed by atoms with van der Waals surface area (Å²) in [6, 6.07) is 0. The zero-order valence-corrected chi connectivity index (χ0v) is 10.1. The van der Waals surface area contributed by atoms with E-state index in [4.69, 9.17) is 4.74 Å². The number of hydrogen-bond donors (Lipinski definition) is 1. The molecule has 0 saturated carbocycles. The van der Waals surface area contributed by atoms with Gasteiger partial charge in [-0.1, -0.05) is 4.49 Å². The van der Waals surface area contributed by atoms with Crippen LogP contribution < -0.4 is 5.32 Å². The average molecular weight is 230 g/mol. The smallest absolute Gasteiger partial charge is 0.0666 e. The Morgan fingerprint density at radius 1 is 1.53 bits per heavy atom. The number of nitrogens with one attached hydrogen (secondary N) is 1. The van der Waals surface area contributed by atoms with E-state index in [1.165, 1.54) is 16.4 Å². The molecule has 0 atom stereocenters. The molecule has 0 fully saturated rings. The van der Waals surface area contributed by atoms with E-state index in [1.54, 1.807) is 7.11 Å². The summed E-state index contributed by atoms with van der Waals surface area (Å²) in [5.41, 5.74) is 0. The lowest BCUT2D eigenvalue weighted by Crippen LogP contribution is -2.30. The van der Waals surface area contributed by atoms with Crippen molar-refractivity contribution in [2.24, 2.45) is 0 Å². The molecular weight excluding hydrogens is 212 g/mol. The molecule has 0 aliphatic heterocycles. The first kappa shape index (κ1) is 12.5. The van der Waals surface area contributed by atoms with Crippen LogP contribution >= 0.6 is 11.5 Å². The maximum atomic E-state index is 4.94. The first-order valence-corrected chi connectivity index (χ1v) is 5.74. The third kappa shape index (κ3) is 5.78. The number of methoxy groups -OCH3 is 1. The summed E-state index contributed by atoms with van der Waals surface area (Å²) >= 11 is 1.46. The molecule has 1 heterocycles. The number of ether oxygens (including phenoxy) is 1. The van der Waals surface area contributed by atoms with Crippen molar-refractivity contribution in [1.82, 2.24) is 19.8 Å². The fraction of sp³-hybridized carbons (Fsp3) is 0.778. The third-order valence-corrected chi connectivity index (χ3v) is 2.63. The molecule has 15 heavy (non-hydrogen) atoms. The van der Waals surface area contributed by atoms with E-state index in [0.717, 1.165) is 32.8 Å². The second-order valence-corrected chi connectivity index (χ2v) is 4.23. The fourth-order valence-corrected chi connectivity index (χ4v) is 1.74. The summed E-state index contributed by atoms with van der Waals surface area (Å²) < 4.78 is 8.77. The van der Waals surface area contributed by atoms with Crippen molar-refractivity contribution in [2.45, 2.75) is 6.54 Å². The van der Waals surface area contributed by atoms with Crippen LogP contribution in [0.25, 0.3) is 0 Å². The quantitative estimate of drug-likeness (QED) is 0.647. The van der Waals surface area contributed by atoms with Gasteiger partial charge in [0.25, 0.3) is 0 Å². The normalized spacial score (nSPS) is 11.1. The van der Waals surface area contributed by atoms with Crippen molar-refractivity contribution in [2.75, 3.05) is 40.4 Å². The minimum absolute atomic E-state index is 0.766. The van der Waals surface area contributed by atoms with Gasteiger partial charge < -0.3 is 10.1 Å². The average Bonchev–Trinajstić information content (AvgIpc) is 2.70. The van der Waals surface area contributed by atoms with Crippen molar-refractivity contribution in [3.63, 3.8) is 0 Å². The number of rotatable bonds is 8. The molecule has 0 spiro atoms. The lowest BCUT2D eigenvalue weighted by atomic mass is 10.4. The first-order chi connectivity index (χ1) is 7.33. The second kappa shape index (κ2) is 7.70. The SMILES string of the molecule is COCCNCCN(C)Cc1cnns1. The molecular formula is C9H18N4OS. The predicted octanol–water partition coefficient (Wildman–Crippen LogP) is 0.206. The molecule has 86 valence electrons. The first-order valence-electron chi connectivity index (χ1n) is 4.97. The molecule has 0 unspecified atom stereocenters. The molecule has 0 radical (unpaired) electrons. The predicted molar refractivity (Wildman–Crippen MR) is 61.0 cm³/mol. The van der Waals surface area contributed by atoms with Gasteiger partial charge in [-0.3, -0.25) is 4.90 Å². The van der Waals surface area contributed by atoms with E-state index < -0.39 is 0 Å². The van der Waals surface area contributed by atoms with E-state index in [9.17, 15) is 0 Å². The van der Waals surface area contributed by atoms with E-state index in [-0.39, 0.29) is 0 Å². The summed E-state index contributed by atoms with van der Waals surface area (Å²) in [5.74, 6) is 0. The molecule has 1 aromatic rings. The molecule has 1 aromatic heterocycles. The van der Waals surface area contributed by atoms with Gasteiger partial charge in [0, 0.05) is 33.3 Å². The minimum atomic E-state index is 0.766. The summed E-state index contributed by atoms with van der Waals surface area (Å²) in [5, 5.41) is 7.11. The van der Waals surface area contributed by atoms with Gasteiger partial charge in [-0.15, -0.1) is 5.10 Å². The zero-order chi connectivity index (χ0) is 10.9. The minimum Gasteiger partial charge on any atom is -0.383 e.